The lowest BCUT2D eigenvalue weighted by Gasteiger charge is -1.97. The predicted octanol–water partition coefficient (Wildman–Crippen LogP) is 0.547. The van der Waals surface area contributed by atoms with Gasteiger partial charge in [0.2, 0.25) is 0 Å². The van der Waals surface area contributed by atoms with Crippen molar-refractivity contribution in [2.24, 2.45) is 0 Å². The lowest BCUT2D eigenvalue weighted by atomic mass is 10.1. The minimum Gasteiger partial charge on any atom is -0.481 e. The molecule has 1 aliphatic carbocycles. The first-order valence-electron chi connectivity index (χ1n) is 4.71. The Kier molecular flexibility index (Phi) is 2.54. The quantitative estimate of drug-likeness (QED) is 0.734. The summed E-state index contributed by atoms with van der Waals surface area (Å²) >= 11 is 0. The molecule has 3 heteroatoms. The lowest BCUT2D eigenvalue weighted by molar-refractivity contribution is -0.135. The molecule has 0 spiro atoms. The molecular formula is C12H11NO2. The number of carbonyl (C=O) groups is 1. The van der Waals surface area contributed by atoms with Gasteiger partial charge in [0.1, 0.15) is 0 Å². The van der Waals surface area contributed by atoms with Gasteiger partial charge in [0, 0.05) is 11.5 Å². The number of hydrogen-bond donors (Lipinski definition) is 2. The summed E-state index contributed by atoms with van der Waals surface area (Å²) in [5.41, 5.74) is 0.795. The van der Waals surface area contributed by atoms with E-state index in [0.717, 1.165) is 16.1 Å². The van der Waals surface area contributed by atoms with Crippen molar-refractivity contribution in [2.75, 3.05) is 0 Å². The van der Waals surface area contributed by atoms with Gasteiger partial charge in [-0.05, 0) is 16.9 Å². The van der Waals surface area contributed by atoms with Crippen molar-refractivity contribution in [1.29, 1.82) is 0 Å². The Morgan fingerprint density at radius 2 is 2.20 bits per heavy atom. The minimum atomic E-state index is -0.820. The molecule has 0 aromatic carbocycles. The summed E-state index contributed by atoms with van der Waals surface area (Å²) in [6.45, 7) is 0. The number of H-pyrrole nitrogens is 1. The van der Waals surface area contributed by atoms with Crippen molar-refractivity contribution in [3.8, 4) is 0 Å². The number of hydrogen-bond acceptors (Lipinski definition) is 1. The van der Waals surface area contributed by atoms with Crippen molar-refractivity contribution in [1.82, 2.24) is 4.98 Å². The maximum Gasteiger partial charge on any atom is 0.307 e. The molecule has 0 atom stereocenters. The van der Waals surface area contributed by atoms with E-state index < -0.39 is 5.97 Å². The van der Waals surface area contributed by atoms with Crippen LogP contribution in [0.1, 0.15) is 6.42 Å². The molecule has 0 aliphatic heterocycles. The van der Waals surface area contributed by atoms with Crippen LogP contribution >= 0.6 is 0 Å². The highest BCUT2D eigenvalue weighted by atomic mass is 16.4. The van der Waals surface area contributed by atoms with Crippen LogP contribution in [0.25, 0.3) is 11.6 Å². The first kappa shape index (κ1) is 9.52. The SMILES string of the molecule is O=C(O)CC1=c2\[nH]cc\c2=C\C=C/C=C\1. The van der Waals surface area contributed by atoms with E-state index >= 15 is 0 Å². The van der Waals surface area contributed by atoms with E-state index in [9.17, 15) is 4.79 Å². The van der Waals surface area contributed by atoms with Crippen LogP contribution in [0.5, 0.6) is 0 Å². The average molecular weight is 201 g/mol. The Labute approximate surface area is 86.8 Å². The second-order valence-electron chi connectivity index (χ2n) is 3.31. The van der Waals surface area contributed by atoms with Gasteiger partial charge in [-0.3, -0.25) is 4.79 Å². The molecular weight excluding hydrogens is 190 g/mol. The minimum absolute atomic E-state index is 0.0334. The van der Waals surface area contributed by atoms with Crippen LogP contribution in [0.15, 0.2) is 36.6 Å². The van der Waals surface area contributed by atoms with E-state index in [1.807, 2.05) is 42.6 Å². The molecule has 1 aliphatic rings. The Morgan fingerprint density at radius 1 is 1.33 bits per heavy atom. The monoisotopic (exact) mass is 201 g/mol. The van der Waals surface area contributed by atoms with Crippen LogP contribution in [0, 0.1) is 0 Å². The molecule has 0 saturated heterocycles. The molecule has 0 bridgehead atoms. The van der Waals surface area contributed by atoms with Crippen molar-refractivity contribution in [2.45, 2.75) is 6.42 Å². The van der Waals surface area contributed by atoms with E-state index in [4.69, 9.17) is 5.11 Å². The number of carboxylic acid groups (broad SMARTS) is 1. The van der Waals surface area contributed by atoms with Gasteiger partial charge in [0.05, 0.1) is 6.42 Å². The van der Waals surface area contributed by atoms with E-state index in [1.54, 1.807) is 0 Å². The maximum absolute atomic E-state index is 10.7. The van der Waals surface area contributed by atoms with Gasteiger partial charge >= 0.3 is 5.97 Å². The summed E-state index contributed by atoms with van der Waals surface area (Å²) in [6.07, 6.45) is 11.3. The first-order valence-corrected chi connectivity index (χ1v) is 4.71. The molecule has 15 heavy (non-hydrogen) atoms. The Morgan fingerprint density at radius 3 is 3.00 bits per heavy atom. The van der Waals surface area contributed by atoms with Crippen LogP contribution in [-0.2, 0) is 4.79 Å². The number of aromatic amines is 1. The first-order chi connectivity index (χ1) is 7.27. The summed E-state index contributed by atoms with van der Waals surface area (Å²) in [6, 6.07) is 1.93. The summed E-state index contributed by atoms with van der Waals surface area (Å²) in [7, 11) is 0. The summed E-state index contributed by atoms with van der Waals surface area (Å²) in [5, 5.41) is 10.7. The van der Waals surface area contributed by atoms with Gasteiger partial charge < -0.3 is 10.1 Å². The van der Waals surface area contributed by atoms with E-state index in [-0.39, 0.29) is 6.42 Å². The number of allylic oxidation sites excluding steroid dienone is 4. The molecule has 0 unspecified atom stereocenters. The van der Waals surface area contributed by atoms with Gasteiger partial charge in [0.25, 0.3) is 0 Å². The highest BCUT2D eigenvalue weighted by Crippen LogP contribution is 2.02. The predicted molar refractivity (Wildman–Crippen MR) is 58.4 cm³/mol. The number of aromatic nitrogens is 1. The fourth-order valence-electron chi connectivity index (χ4n) is 1.59. The van der Waals surface area contributed by atoms with Crippen LogP contribution in [-0.4, -0.2) is 16.1 Å². The van der Waals surface area contributed by atoms with Crippen LogP contribution in [0.2, 0.25) is 0 Å². The molecule has 76 valence electrons. The van der Waals surface area contributed by atoms with Crippen molar-refractivity contribution in [3.63, 3.8) is 0 Å². The van der Waals surface area contributed by atoms with Gasteiger partial charge in [-0.25, -0.2) is 0 Å². The van der Waals surface area contributed by atoms with E-state index in [2.05, 4.69) is 4.98 Å². The molecule has 1 heterocycles. The van der Waals surface area contributed by atoms with Crippen molar-refractivity contribution >= 4 is 17.6 Å². The number of fused-ring (bicyclic) bond motifs is 1. The molecule has 2 rings (SSSR count). The fraction of sp³-hybridized carbons (Fsp3) is 0.0833. The van der Waals surface area contributed by atoms with Crippen molar-refractivity contribution in [3.05, 3.63) is 47.1 Å². The molecule has 1 aromatic rings. The zero-order valence-corrected chi connectivity index (χ0v) is 8.10. The number of carboxylic acids is 1. The molecule has 0 saturated carbocycles. The van der Waals surface area contributed by atoms with Crippen molar-refractivity contribution < 1.29 is 9.90 Å². The van der Waals surface area contributed by atoms with E-state index in [0.29, 0.717) is 0 Å². The zero-order valence-electron chi connectivity index (χ0n) is 8.10. The molecule has 3 nitrogen and oxygen atoms in total. The second kappa shape index (κ2) is 4.00. The number of rotatable bonds is 2. The molecule has 1 aromatic heterocycles. The molecule has 0 radical (unpaired) electrons. The topological polar surface area (TPSA) is 53.1 Å². The summed E-state index contributed by atoms with van der Waals surface area (Å²) in [4.78, 5) is 13.8. The highest BCUT2D eigenvalue weighted by molar-refractivity contribution is 5.81. The third-order valence-corrected chi connectivity index (χ3v) is 2.24. The number of nitrogens with one attached hydrogen (secondary N) is 1. The third-order valence-electron chi connectivity index (χ3n) is 2.24. The third kappa shape index (κ3) is 2.07. The van der Waals surface area contributed by atoms with Crippen LogP contribution in [0.3, 0.4) is 0 Å². The molecule has 0 amide bonds. The fourth-order valence-corrected chi connectivity index (χ4v) is 1.59. The normalized spacial score (nSPS) is 24.1. The maximum atomic E-state index is 10.7. The van der Waals surface area contributed by atoms with E-state index in [1.165, 1.54) is 0 Å². The van der Waals surface area contributed by atoms with Crippen LogP contribution in [0.4, 0.5) is 0 Å². The summed E-state index contributed by atoms with van der Waals surface area (Å²) < 4.78 is 0. The largest absolute Gasteiger partial charge is 0.481 e. The lowest BCUT2D eigenvalue weighted by Crippen LogP contribution is -2.25. The smallest absolute Gasteiger partial charge is 0.307 e. The Hall–Kier alpha value is -2.03. The second-order valence-corrected chi connectivity index (χ2v) is 3.31. The van der Waals surface area contributed by atoms with Gasteiger partial charge in [-0.1, -0.05) is 30.4 Å². The van der Waals surface area contributed by atoms with Gasteiger partial charge in [0.15, 0.2) is 0 Å². The standard InChI is InChI=1S/C12H11NO2/c14-11(15)8-10-5-3-1-2-4-9-6-7-13-12(9)10/h1-7,13H,8H2,(H,14,15)/b2-1-,3-1?,4-2?,5-3-,9-4-,10-5?,12-10-. The highest BCUT2D eigenvalue weighted by Gasteiger charge is 2.03. The number of aliphatic carboxylic acids is 1. The molecule has 2 N–H and O–H groups in total. The molecule has 0 fully saturated rings. The van der Waals surface area contributed by atoms with Crippen LogP contribution < -0.4 is 10.6 Å². The Bertz CT molecular complexity index is 546. The van der Waals surface area contributed by atoms with Gasteiger partial charge in [-0.2, -0.15) is 0 Å². The Balaban J connectivity index is 2.66. The summed E-state index contributed by atoms with van der Waals surface area (Å²) in [5.74, 6) is -0.820. The zero-order chi connectivity index (χ0) is 10.7. The average Bonchev–Trinajstić information content (AvgIpc) is 2.59. The van der Waals surface area contributed by atoms with Gasteiger partial charge in [-0.15, -0.1) is 0 Å².